The van der Waals surface area contributed by atoms with Crippen LogP contribution in [-0.2, 0) is 17.5 Å². The molecule has 0 aliphatic rings. The lowest BCUT2D eigenvalue weighted by Crippen LogP contribution is -2.28. The third-order valence-corrected chi connectivity index (χ3v) is 3.53. The number of alkyl halides is 3. The van der Waals surface area contributed by atoms with E-state index < -0.39 is 17.6 Å². The Bertz CT molecular complexity index is 736. The van der Waals surface area contributed by atoms with Gasteiger partial charge in [-0.25, -0.2) is 0 Å². The quantitative estimate of drug-likeness (QED) is 0.819. The fraction of sp³-hybridized carbons (Fsp3) is 0.188. The average Bonchev–Trinajstić information content (AvgIpc) is 2.51. The van der Waals surface area contributed by atoms with E-state index in [1.165, 1.54) is 24.3 Å². The van der Waals surface area contributed by atoms with Crippen LogP contribution in [0.5, 0.6) is 5.75 Å². The lowest BCUT2D eigenvalue weighted by molar-refractivity contribution is -0.137. The topological polar surface area (TPSA) is 38.3 Å². The smallest absolute Gasteiger partial charge is 0.416 e. The first-order valence-electron chi connectivity index (χ1n) is 6.76. The Kier molecular flexibility index (Phi) is 5.96. The van der Waals surface area contributed by atoms with Crippen molar-refractivity contribution in [3.05, 3.63) is 63.6 Å². The average molecular weight is 378 g/mol. The summed E-state index contributed by atoms with van der Waals surface area (Å²) in [6.07, 6.45) is -4.42. The maximum absolute atomic E-state index is 12.6. The Balaban J connectivity index is 1.87. The fourth-order valence-electron chi connectivity index (χ4n) is 1.84. The van der Waals surface area contributed by atoms with Crippen molar-refractivity contribution in [2.75, 3.05) is 6.61 Å². The van der Waals surface area contributed by atoms with E-state index in [2.05, 4.69) is 5.32 Å². The summed E-state index contributed by atoms with van der Waals surface area (Å²) < 4.78 is 43.1. The lowest BCUT2D eigenvalue weighted by Gasteiger charge is -2.11. The Labute approximate surface area is 146 Å². The van der Waals surface area contributed by atoms with Crippen molar-refractivity contribution in [1.29, 1.82) is 0 Å². The Morgan fingerprint density at radius 2 is 1.88 bits per heavy atom. The van der Waals surface area contributed by atoms with Crippen molar-refractivity contribution in [1.82, 2.24) is 5.32 Å². The van der Waals surface area contributed by atoms with E-state index in [-0.39, 0.29) is 23.9 Å². The van der Waals surface area contributed by atoms with Crippen molar-refractivity contribution >= 4 is 29.1 Å². The molecular weight excluding hydrogens is 366 g/mol. The number of ether oxygens (including phenoxy) is 1. The van der Waals surface area contributed by atoms with Gasteiger partial charge in [0.25, 0.3) is 5.91 Å². The highest BCUT2D eigenvalue weighted by Crippen LogP contribution is 2.29. The third-order valence-electron chi connectivity index (χ3n) is 3.00. The van der Waals surface area contributed by atoms with E-state index in [0.717, 1.165) is 12.1 Å². The van der Waals surface area contributed by atoms with E-state index in [9.17, 15) is 18.0 Å². The monoisotopic (exact) mass is 377 g/mol. The molecule has 0 saturated carbocycles. The van der Waals surface area contributed by atoms with Crippen LogP contribution in [0.2, 0.25) is 10.0 Å². The predicted octanol–water partition coefficient (Wildman–Crippen LogP) is 4.71. The second-order valence-corrected chi connectivity index (χ2v) is 5.68. The molecule has 0 aliphatic heterocycles. The summed E-state index contributed by atoms with van der Waals surface area (Å²) in [6.45, 7) is -0.360. The van der Waals surface area contributed by atoms with E-state index >= 15 is 0 Å². The Hall–Kier alpha value is -1.92. The molecule has 0 radical (unpaired) electrons. The molecule has 0 spiro atoms. The minimum Gasteiger partial charge on any atom is -0.482 e. The minimum atomic E-state index is -4.42. The van der Waals surface area contributed by atoms with Gasteiger partial charge >= 0.3 is 6.18 Å². The van der Waals surface area contributed by atoms with Gasteiger partial charge in [-0.15, -0.1) is 0 Å². The molecule has 0 bridgehead atoms. The van der Waals surface area contributed by atoms with Crippen LogP contribution in [0.3, 0.4) is 0 Å². The fourth-order valence-corrected chi connectivity index (χ4v) is 2.31. The van der Waals surface area contributed by atoms with Gasteiger partial charge < -0.3 is 10.1 Å². The second-order valence-electron chi connectivity index (χ2n) is 4.84. The van der Waals surface area contributed by atoms with Crippen molar-refractivity contribution in [3.63, 3.8) is 0 Å². The highest BCUT2D eigenvalue weighted by atomic mass is 35.5. The van der Waals surface area contributed by atoms with E-state index in [4.69, 9.17) is 27.9 Å². The summed E-state index contributed by atoms with van der Waals surface area (Å²) in [4.78, 5) is 11.7. The van der Waals surface area contributed by atoms with Crippen LogP contribution in [0.4, 0.5) is 13.2 Å². The van der Waals surface area contributed by atoms with E-state index in [1.807, 2.05) is 0 Å². The number of carbonyl (C=O) groups is 1. The molecule has 0 heterocycles. The number of carbonyl (C=O) groups excluding carboxylic acids is 1. The van der Waals surface area contributed by atoms with Gasteiger partial charge in [0.05, 0.1) is 10.6 Å². The molecule has 1 N–H and O–H groups in total. The first-order chi connectivity index (χ1) is 11.3. The standard InChI is InChI=1S/C16H12Cl2F3NO2/c17-12-4-5-14(13(18)7-12)24-9-15(23)22-8-10-2-1-3-11(6-10)16(19,20)21/h1-7H,8-9H2,(H,22,23). The van der Waals surface area contributed by atoms with Gasteiger partial charge in [0.1, 0.15) is 5.75 Å². The van der Waals surface area contributed by atoms with Gasteiger partial charge in [0, 0.05) is 11.6 Å². The van der Waals surface area contributed by atoms with Gasteiger partial charge in [-0.05, 0) is 35.9 Å². The first-order valence-corrected chi connectivity index (χ1v) is 7.52. The van der Waals surface area contributed by atoms with E-state index in [0.29, 0.717) is 10.6 Å². The predicted molar refractivity (Wildman–Crippen MR) is 85.2 cm³/mol. The molecule has 0 aliphatic carbocycles. The first kappa shape index (κ1) is 18.4. The summed E-state index contributed by atoms with van der Waals surface area (Å²) in [6, 6.07) is 9.28. The molecule has 24 heavy (non-hydrogen) atoms. The second kappa shape index (κ2) is 7.77. The number of hydrogen-bond donors (Lipinski definition) is 1. The largest absolute Gasteiger partial charge is 0.482 e. The normalized spacial score (nSPS) is 11.2. The van der Waals surface area contributed by atoms with Crippen molar-refractivity contribution in [2.24, 2.45) is 0 Å². The summed E-state index contributed by atoms with van der Waals surface area (Å²) in [7, 11) is 0. The van der Waals surface area contributed by atoms with Gasteiger partial charge in [0.2, 0.25) is 0 Å². The molecule has 0 aromatic heterocycles. The van der Waals surface area contributed by atoms with Crippen LogP contribution < -0.4 is 10.1 Å². The maximum atomic E-state index is 12.6. The number of rotatable bonds is 5. The molecule has 2 rings (SSSR count). The number of nitrogens with one attached hydrogen (secondary N) is 1. The van der Waals surface area contributed by atoms with Gasteiger partial charge in [0.15, 0.2) is 6.61 Å². The molecule has 8 heteroatoms. The van der Waals surface area contributed by atoms with Gasteiger partial charge in [-0.3, -0.25) is 4.79 Å². The van der Waals surface area contributed by atoms with Gasteiger partial charge in [-0.1, -0.05) is 35.3 Å². The molecule has 3 nitrogen and oxygen atoms in total. The highest BCUT2D eigenvalue weighted by Gasteiger charge is 2.30. The molecule has 0 atom stereocenters. The maximum Gasteiger partial charge on any atom is 0.416 e. The molecule has 0 fully saturated rings. The number of amides is 1. The summed E-state index contributed by atoms with van der Waals surface area (Å²) >= 11 is 11.6. The van der Waals surface area contributed by atoms with Gasteiger partial charge in [-0.2, -0.15) is 13.2 Å². The summed E-state index contributed by atoms with van der Waals surface area (Å²) in [5, 5.41) is 3.17. The molecule has 128 valence electrons. The zero-order valence-corrected chi connectivity index (χ0v) is 13.7. The van der Waals surface area contributed by atoms with Crippen molar-refractivity contribution in [3.8, 4) is 5.75 Å². The van der Waals surface area contributed by atoms with Crippen LogP contribution >= 0.6 is 23.2 Å². The summed E-state index contributed by atoms with van der Waals surface area (Å²) in [5.74, 6) is -0.200. The van der Waals surface area contributed by atoms with Crippen molar-refractivity contribution < 1.29 is 22.7 Å². The SMILES string of the molecule is O=C(COc1ccc(Cl)cc1Cl)NCc1cccc(C(F)(F)F)c1. The summed E-state index contributed by atoms with van der Waals surface area (Å²) in [5.41, 5.74) is -0.429. The molecule has 1 amide bonds. The number of benzene rings is 2. The van der Waals surface area contributed by atoms with Crippen LogP contribution in [-0.4, -0.2) is 12.5 Å². The van der Waals surface area contributed by atoms with Crippen molar-refractivity contribution in [2.45, 2.75) is 12.7 Å². The lowest BCUT2D eigenvalue weighted by atomic mass is 10.1. The minimum absolute atomic E-state index is 0.0412. The molecule has 2 aromatic carbocycles. The van der Waals surface area contributed by atoms with E-state index in [1.54, 1.807) is 6.07 Å². The Morgan fingerprint density at radius 3 is 2.54 bits per heavy atom. The van der Waals surface area contributed by atoms with Crippen LogP contribution in [0.1, 0.15) is 11.1 Å². The number of hydrogen-bond acceptors (Lipinski definition) is 2. The third kappa shape index (κ3) is 5.32. The highest BCUT2D eigenvalue weighted by molar-refractivity contribution is 6.35. The molecule has 2 aromatic rings. The van der Waals surface area contributed by atoms with Crippen LogP contribution in [0.25, 0.3) is 0 Å². The van der Waals surface area contributed by atoms with Crippen LogP contribution in [0, 0.1) is 0 Å². The Morgan fingerprint density at radius 1 is 1.12 bits per heavy atom. The zero-order chi connectivity index (χ0) is 17.7. The molecule has 0 saturated heterocycles. The molecular formula is C16H12Cl2F3NO2. The zero-order valence-electron chi connectivity index (χ0n) is 12.2. The number of halogens is 5. The van der Waals surface area contributed by atoms with Crippen LogP contribution in [0.15, 0.2) is 42.5 Å². The molecule has 0 unspecified atom stereocenters.